The van der Waals surface area contributed by atoms with Gasteiger partial charge in [0.25, 0.3) is 0 Å². The molecular formula is C11H21N3O2. The molecule has 0 bridgehead atoms. The molecule has 0 saturated carbocycles. The molecule has 1 atom stereocenters. The second-order valence-corrected chi connectivity index (χ2v) is 4.59. The molecule has 92 valence electrons. The summed E-state index contributed by atoms with van der Waals surface area (Å²) in [4.78, 5) is 15.5. The first-order chi connectivity index (χ1) is 7.81. The van der Waals surface area contributed by atoms with Crippen LogP contribution >= 0.6 is 0 Å². The van der Waals surface area contributed by atoms with Crippen molar-refractivity contribution in [3.63, 3.8) is 0 Å². The zero-order chi connectivity index (χ0) is 11.4. The van der Waals surface area contributed by atoms with Crippen molar-refractivity contribution in [1.82, 2.24) is 15.1 Å². The molecule has 2 N–H and O–H groups in total. The minimum Gasteiger partial charge on any atom is -0.395 e. The lowest BCUT2D eigenvalue weighted by Gasteiger charge is -2.35. The van der Waals surface area contributed by atoms with Gasteiger partial charge in [-0.3, -0.25) is 4.90 Å². The highest BCUT2D eigenvalue weighted by Gasteiger charge is 2.24. The van der Waals surface area contributed by atoms with Crippen molar-refractivity contribution >= 4 is 6.03 Å². The molecule has 2 aliphatic rings. The lowest BCUT2D eigenvalue weighted by atomic mass is 10.0. The van der Waals surface area contributed by atoms with E-state index in [1.54, 1.807) is 0 Å². The van der Waals surface area contributed by atoms with Crippen LogP contribution in [0.5, 0.6) is 0 Å². The number of hydrogen-bond acceptors (Lipinski definition) is 3. The molecule has 2 heterocycles. The van der Waals surface area contributed by atoms with Crippen LogP contribution in [0, 0.1) is 0 Å². The second-order valence-electron chi connectivity index (χ2n) is 4.59. The number of likely N-dealkylation sites (tertiary alicyclic amines) is 1. The van der Waals surface area contributed by atoms with Crippen molar-refractivity contribution < 1.29 is 9.90 Å². The molecule has 0 aromatic rings. The Kier molecular flexibility index (Phi) is 4.01. The molecule has 0 aromatic carbocycles. The average Bonchev–Trinajstić information content (AvgIpc) is 2.72. The molecule has 16 heavy (non-hydrogen) atoms. The third-order valence-electron chi connectivity index (χ3n) is 3.56. The van der Waals surface area contributed by atoms with E-state index in [-0.39, 0.29) is 12.6 Å². The number of nitrogens with one attached hydrogen (secondary N) is 1. The highest BCUT2D eigenvalue weighted by molar-refractivity contribution is 5.76. The fourth-order valence-electron chi connectivity index (χ4n) is 2.53. The highest BCUT2D eigenvalue weighted by Crippen LogP contribution is 2.16. The van der Waals surface area contributed by atoms with Crippen molar-refractivity contribution in [3.05, 3.63) is 0 Å². The van der Waals surface area contributed by atoms with E-state index in [2.05, 4.69) is 10.2 Å². The molecule has 2 amide bonds. The van der Waals surface area contributed by atoms with Gasteiger partial charge >= 0.3 is 6.03 Å². The molecule has 2 aliphatic heterocycles. The van der Waals surface area contributed by atoms with Gasteiger partial charge in [0.1, 0.15) is 0 Å². The number of piperidine rings is 1. The van der Waals surface area contributed by atoms with Gasteiger partial charge < -0.3 is 15.3 Å². The minimum atomic E-state index is 0.0533. The van der Waals surface area contributed by atoms with Crippen LogP contribution in [-0.2, 0) is 0 Å². The smallest absolute Gasteiger partial charge is 0.317 e. The fraction of sp³-hybridized carbons (Fsp3) is 0.909. The zero-order valence-corrected chi connectivity index (χ0v) is 9.69. The predicted molar refractivity (Wildman–Crippen MR) is 61.3 cm³/mol. The maximum absolute atomic E-state index is 11.3. The molecular weight excluding hydrogens is 206 g/mol. The van der Waals surface area contributed by atoms with E-state index in [1.165, 1.54) is 12.8 Å². The van der Waals surface area contributed by atoms with Gasteiger partial charge in [-0.25, -0.2) is 4.79 Å². The Hall–Kier alpha value is -0.810. The van der Waals surface area contributed by atoms with E-state index in [4.69, 9.17) is 0 Å². The van der Waals surface area contributed by atoms with Crippen LogP contribution in [0.15, 0.2) is 0 Å². The van der Waals surface area contributed by atoms with Crippen LogP contribution in [0.1, 0.15) is 19.3 Å². The largest absolute Gasteiger partial charge is 0.395 e. The van der Waals surface area contributed by atoms with Crippen LogP contribution in [0.4, 0.5) is 4.79 Å². The topological polar surface area (TPSA) is 55.8 Å². The van der Waals surface area contributed by atoms with E-state index in [0.29, 0.717) is 6.04 Å². The number of rotatable bonds is 4. The van der Waals surface area contributed by atoms with Gasteiger partial charge in [0.15, 0.2) is 0 Å². The molecule has 0 aromatic heterocycles. The SMILES string of the molecule is O=C1NCCN1CCN1CCCCC1CO. The van der Waals surface area contributed by atoms with Crippen LogP contribution < -0.4 is 5.32 Å². The fourth-order valence-corrected chi connectivity index (χ4v) is 2.53. The van der Waals surface area contributed by atoms with E-state index in [1.807, 2.05) is 4.90 Å². The Morgan fingerprint density at radius 3 is 2.88 bits per heavy atom. The van der Waals surface area contributed by atoms with Crippen molar-refractivity contribution in [2.75, 3.05) is 39.3 Å². The first kappa shape index (κ1) is 11.7. The summed E-state index contributed by atoms with van der Waals surface area (Å²) in [5.74, 6) is 0. The molecule has 0 spiro atoms. The van der Waals surface area contributed by atoms with Crippen molar-refractivity contribution in [1.29, 1.82) is 0 Å². The Morgan fingerprint density at radius 1 is 1.31 bits per heavy atom. The van der Waals surface area contributed by atoms with Gasteiger partial charge in [-0.05, 0) is 19.4 Å². The summed E-state index contributed by atoms with van der Waals surface area (Å²) in [7, 11) is 0. The van der Waals surface area contributed by atoms with E-state index in [9.17, 15) is 9.90 Å². The number of nitrogens with zero attached hydrogens (tertiary/aromatic N) is 2. The zero-order valence-electron chi connectivity index (χ0n) is 9.69. The molecule has 0 aliphatic carbocycles. The van der Waals surface area contributed by atoms with E-state index in [0.717, 1.165) is 39.1 Å². The number of carbonyl (C=O) groups is 1. The van der Waals surface area contributed by atoms with Crippen molar-refractivity contribution in [2.24, 2.45) is 0 Å². The molecule has 5 nitrogen and oxygen atoms in total. The van der Waals surface area contributed by atoms with Crippen LogP contribution in [0.2, 0.25) is 0 Å². The maximum atomic E-state index is 11.3. The molecule has 0 radical (unpaired) electrons. The summed E-state index contributed by atoms with van der Waals surface area (Å²) >= 11 is 0. The summed E-state index contributed by atoms with van der Waals surface area (Å²) in [6.45, 7) is 4.55. The first-order valence-corrected chi connectivity index (χ1v) is 6.19. The number of hydrogen-bond donors (Lipinski definition) is 2. The van der Waals surface area contributed by atoms with Gasteiger partial charge in [-0.2, -0.15) is 0 Å². The van der Waals surface area contributed by atoms with Gasteiger partial charge in [0.2, 0.25) is 0 Å². The Bertz CT molecular complexity index is 247. The van der Waals surface area contributed by atoms with Crippen molar-refractivity contribution in [3.8, 4) is 0 Å². The third kappa shape index (κ3) is 2.65. The molecule has 2 rings (SSSR count). The highest BCUT2D eigenvalue weighted by atomic mass is 16.3. The number of urea groups is 1. The van der Waals surface area contributed by atoms with Crippen LogP contribution in [0.3, 0.4) is 0 Å². The van der Waals surface area contributed by atoms with Gasteiger partial charge in [-0.1, -0.05) is 6.42 Å². The lowest BCUT2D eigenvalue weighted by molar-refractivity contribution is 0.0843. The molecule has 5 heteroatoms. The summed E-state index contributed by atoms with van der Waals surface area (Å²) < 4.78 is 0. The first-order valence-electron chi connectivity index (χ1n) is 6.19. The van der Waals surface area contributed by atoms with Crippen LogP contribution in [-0.4, -0.2) is 66.3 Å². The normalized spacial score (nSPS) is 27.2. The molecule has 2 fully saturated rings. The molecule has 1 unspecified atom stereocenters. The predicted octanol–water partition coefficient (Wildman–Crippen LogP) is -0.142. The minimum absolute atomic E-state index is 0.0533. The van der Waals surface area contributed by atoms with Crippen molar-refractivity contribution in [2.45, 2.75) is 25.3 Å². The Balaban J connectivity index is 1.77. The summed E-state index contributed by atoms with van der Waals surface area (Å²) in [5, 5.41) is 12.1. The Labute approximate surface area is 96.4 Å². The maximum Gasteiger partial charge on any atom is 0.317 e. The average molecular weight is 227 g/mol. The number of aliphatic hydroxyl groups excluding tert-OH is 1. The second kappa shape index (κ2) is 5.50. The monoisotopic (exact) mass is 227 g/mol. The quantitative estimate of drug-likeness (QED) is 0.703. The number of aliphatic hydroxyl groups is 1. The molecule has 2 saturated heterocycles. The lowest BCUT2D eigenvalue weighted by Crippen LogP contribution is -2.46. The van der Waals surface area contributed by atoms with E-state index >= 15 is 0 Å². The summed E-state index contributed by atoms with van der Waals surface area (Å²) in [6, 6.07) is 0.358. The number of carbonyl (C=O) groups excluding carboxylic acids is 1. The van der Waals surface area contributed by atoms with Crippen LogP contribution in [0.25, 0.3) is 0 Å². The van der Waals surface area contributed by atoms with E-state index < -0.39 is 0 Å². The number of amides is 2. The Morgan fingerprint density at radius 2 is 2.19 bits per heavy atom. The third-order valence-corrected chi connectivity index (χ3v) is 3.56. The summed E-state index contributed by atoms with van der Waals surface area (Å²) in [5.41, 5.74) is 0. The van der Waals surface area contributed by atoms with Gasteiger partial charge in [-0.15, -0.1) is 0 Å². The van der Waals surface area contributed by atoms with Gasteiger partial charge in [0.05, 0.1) is 6.61 Å². The standard InChI is InChI=1S/C11H21N3O2/c15-9-10-3-1-2-5-13(10)7-8-14-6-4-12-11(14)16/h10,15H,1-9H2,(H,12,16). The summed E-state index contributed by atoms with van der Waals surface area (Å²) in [6.07, 6.45) is 3.51. The van der Waals surface area contributed by atoms with Gasteiger partial charge in [0, 0.05) is 32.2 Å².